The maximum absolute atomic E-state index is 5.30. The summed E-state index contributed by atoms with van der Waals surface area (Å²) in [5, 5.41) is 3.76. The number of methoxy groups -OCH3 is 1. The van der Waals surface area contributed by atoms with Crippen molar-refractivity contribution in [3.05, 3.63) is 0 Å². The van der Waals surface area contributed by atoms with Crippen molar-refractivity contribution in [2.75, 3.05) is 20.7 Å². The molecule has 0 radical (unpaired) electrons. The molecular formula is C12H24N2O. The van der Waals surface area contributed by atoms with Gasteiger partial charge in [0.25, 0.3) is 0 Å². The topological polar surface area (TPSA) is 24.5 Å². The Bertz CT molecular complexity index is 204. The summed E-state index contributed by atoms with van der Waals surface area (Å²) in [5.74, 6) is 0. The first-order chi connectivity index (χ1) is 7.19. The zero-order chi connectivity index (χ0) is 10.8. The Kier molecular flexibility index (Phi) is 3.65. The summed E-state index contributed by atoms with van der Waals surface area (Å²) in [7, 11) is 4.05. The van der Waals surface area contributed by atoms with Crippen LogP contribution in [0.15, 0.2) is 0 Å². The smallest absolute Gasteiger partial charge is 0.0601 e. The minimum Gasteiger partial charge on any atom is -0.381 e. The molecule has 1 N–H and O–H groups in total. The highest BCUT2D eigenvalue weighted by atomic mass is 16.5. The maximum Gasteiger partial charge on any atom is 0.0601 e. The van der Waals surface area contributed by atoms with Crippen LogP contribution in [0, 0.1) is 0 Å². The van der Waals surface area contributed by atoms with Gasteiger partial charge in [0.1, 0.15) is 0 Å². The Morgan fingerprint density at radius 2 is 1.93 bits per heavy atom. The molecule has 1 aliphatic carbocycles. The van der Waals surface area contributed by atoms with Crippen molar-refractivity contribution >= 4 is 0 Å². The average molecular weight is 212 g/mol. The highest BCUT2D eigenvalue weighted by Crippen LogP contribution is 2.25. The lowest BCUT2D eigenvalue weighted by molar-refractivity contribution is 0.0102. The van der Waals surface area contributed by atoms with Gasteiger partial charge in [-0.2, -0.15) is 0 Å². The van der Waals surface area contributed by atoms with Crippen LogP contribution in [0.3, 0.4) is 0 Å². The van der Waals surface area contributed by atoms with Crippen LogP contribution in [0.2, 0.25) is 0 Å². The standard InChI is InChI=1S/C12H24N2O/c1-9-6-10(4-5-14(9)2)13-11-7-12(8-11)15-3/h9-13H,4-8H2,1-3H3. The molecule has 0 spiro atoms. The molecular weight excluding hydrogens is 188 g/mol. The number of piperidine rings is 1. The lowest BCUT2D eigenvalue weighted by Crippen LogP contribution is -2.53. The molecule has 3 nitrogen and oxygen atoms in total. The first-order valence-corrected chi connectivity index (χ1v) is 6.18. The van der Waals surface area contributed by atoms with Gasteiger partial charge in [0.05, 0.1) is 6.10 Å². The Morgan fingerprint density at radius 1 is 1.20 bits per heavy atom. The van der Waals surface area contributed by atoms with Crippen LogP contribution in [-0.4, -0.2) is 49.8 Å². The van der Waals surface area contributed by atoms with Gasteiger partial charge in [0, 0.05) is 25.2 Å². The van der Waals surface area contributed by atoms with Crippen molar-refractivity contribution in [2.24, 2.45) is 0 Å². The average Bonchev–Trinajstić information content (AvgIpc) is 2.16. The summed E-state index contributed by atoms with van der Waals surface area (Å²) < 4.78 is 5.30. The fraction of sp³-hybridized carbons (Fsp3) is 1.00. The molecule has 0 aromatic heterocycles. The van der Waals surface area contributed by atoms with Gasteiger partial charge in [-0.25, -0.2) is 0 Å². The Hall–Kier alpha value is -0.120. The number of rotatable bonds is 3. The van der Waals surface area contributed by atoms with Gasteiger partial charge in [-0.1, -0.05) is 0 Å². The summed E-state index contributed by atoms with van der Waals surface area (Å²) in [6, 6.07) is 2.18. The van der Waals surface area contributed by atoms with Gasteiger partial charge < -0.3 is 15.0 Å². The summed E-state index contributed by atoms with van der Waals surface area (Å²) in [5.41, 5.74) is 0. The molecule has 0 aromatic rings. The molecule has 88 valence electrons. The van der Waals surface area contributed by atoms with Crippen molar-refractivity contribution in [3.8, 4) is 0 Å². The molecule has 2 fully saturated rings. The second kappa shape index (κ2) is 4.81. The van der Waals surface area contributed by atoms with E-state index < -0.39 is 0 Å². The Balaban J connectivity index is 1.68. The highest BCUT2D eigenvalue weighted by Gasteiger charge is 2.32. The van der Waals surface area contributed by atoms with E-state index >= 15 is 0 Å². The van der Waals surface area contributed by atoms with Crippen molar-refractivity contribution < 1.29 is 4.74 Å². The second-order valence-corrected chi connectivity index (χ2v) is 5.24. The van der Waals surface area contributed by atoms with E-state index in [0.717, 1.165) is 18.1 Å². The molecule has 2 aliphatic rings. The van der Waals surface area contributed by atoms with Gasteiger partial charge in [0.2, 0.25) is 0 Å². The summed E-state index contributed by atoms with van der Waals surface area (Å²) in [4.78, 5) is 2.46. The van der Waals surface area contributed by atoms with Crippen LogP contribution < -0.4 is 5.32 Å². The fourth-order valence-electron chi connectivity index (χ4n) is 2.67. The van der Waals surface area contributed by atoms with E-state index in [2.05, 4.69) is 24.2 Å². The number of nitrogens with one attached hydrogen (secondary N) is 1. The van der Waals surface area contributed by atoms with E-state index in [1.54, 1.807) is 0 Å². The number of ether oxygens (including phenoxy) is 1. The Labute approximate surface area is 93.2 Å². The van der Waals surface area contributed by atoms with Gasteiger partial charge in [-0.05, 0) is 46.2 Å². The molecule has 0 bridgehead atoms. The zero-order valence-corrected chi connectivity index (χ0v) is 10.2. The highest BCUT2D eigenvalue weighted by molar-refractivity contribution is 4.90. The van der Waals surface area contributed by atoms with Crippen molar-refractivity contribution in [1.29, 1.82) is 0 Å². The van der Waals surface area contributed by atoms with Gasteiger partial charge >= 0.3 is 0 Å². The predicted octanol–water partition coefficient (Wildman–Crippen LogP) is 1.24. The quantitative estimate of drug-likeness (QED) is 0.761. The minimum atomic E-state index is 0.520. The molecule has 2 rings (SSSR count). The van der Waals surface area contributed by atoms with Crippen molar-refractivity contribution in [2.45, 2.75) is 56.8 Å². The van der Waals surface area contributed by atoms with E-state index in [9.17, 15) is 0 Å². The van der Waals surface area contributed by atoms with Crippen LogP contribution in [0.5, 0.6) is 0 Å². The third kappa shape index (κ3) is 2.71. The van der Waals surface area contributed by atoms with Gasteiger partial charge in [-0.15, -0.1) is 0 Å². The molecule has 0 amide bonds. The third-order valence-electron chi connectivity index (χ3n) is 4.11. The molecule has 0 aromatic carbocycles. The maximum atomic E-state index is 5.30. The summed E-state index contributed by atoms with van der Waals surface area (Å²) in [6.07, 6.45) is 5.53. The normalized spacial score (nSPS) is 42.6. The SMILES string of the molecule is COC1CC(NC2CCN(C)C(C)C2)C1. The molecule has 1 heterocycles. The number of likely N-dealkylation sites (tertiary alicyclic amines) is 1. The molecule has 2 atom stereocenters. The number of hydrogen-bond donors (Lipinski definition) is 1. The van der Waals surface area contributed by atoms with E-state index in [4.69, 9.17) is 4.74 Å². The molecule has 3 heteroatoms. The number of nitrogens with zero attached hydrogens (tertiary/aromatic N) is 1. The van der Waals surface area contributed by atoms with Crippen molar-refractivity contribution in [1.82, 2.24) is 10.2 Å². The fourth-order valence-corrected chi connectivity index (χ4v) is 2.67. The molecule has 2 unspecified atom stereocenters. The van der Waals surface area contributed by atoms with Crippen LogP contribution in [0.4, 0.5) is 0 Å². The Morgan fingerprint density at radius 3 is 2.53 bits per heavy atom. The molecule has 1 saturated carbocycles. The predicted molar refractivity (Wildman–Crippen MR) is 62.1 cm³/mol. The van der Waals surface area contributed by atoms with E-state index in [0.29, 0.717) is 6.10 Å². The lowest BCUT2D eigenvalue weighted by atomic mass is 9.87. The van der Waals surface area contributed by atoms with E-state index in [-0.39, 0.29) is 0 Å². The molecule has 1 saturated heterocycles. The van der Waals surface area contributed by atoms with Crippen LogP contribution in [0.1, 0.15) is 32.6 Å². The molecule has 1 aliphatic heterocycles. The zero-order valence-electron chi connectivity index (χ0n) is 10.2. The van der Waals surface area contributed by atoms with Gasteiger partial charge in [-0.3, -0.25) is 0 Å². The van der Waals surface area contributed by atoms with E-state index in [1.165, 1.54) is 32.2 Å². The third-order valence-corrected chi connectivity index (χ3v) is 4.11. The molecule has 15 heavy (non-hydrogen) atoms. The summed E-state index contributed by atoms with van der Waals surface area (Å²) >= 11 is 0. The van der Waals surface area contributed by atoms with Crippen LogP contribution in [0.25, 0.3) is 0 Å². The monoisotopic (exact) mass is 212 g/mol. The van der Waals surface area contributed by atoms with E-state index in [1.807, 2.05) is 7.11 Å². The summed E-state index contributed by atoms with van der Waals surface area (Å²) in [6.45, 7) is 3.56. The first-order valence-electron chi connectivity index (χ1n) is 6.18. The van der Waals surface area contributed by atoms with Gasteiger partial charge in [0.15, 0.2) is 0 Å². The largest absolute Gasteiger partial charge is 0.381 e. The minimum absolute atomic E-state index is 0.520. The second-order valence-electron chi connectivity index (χ2n) is 5.24. The van der Waals surface area contributed by atoms with Crippen LogP contribution in [-0.2, 0) is 4.74 Å². The van der Waals surface area contributed by atoms with Crippen LogP contribution >= 0.6 is 0 Å². The first kappa shape index (κ1) is 11.4. The number of hydrogen-bond acceptors (Lipinski definition) is 3. The van der Waals surface area contributed by atoms with Crippen molar-refractivity contribution in [3.63, 3.8) is 0 Å². The lowest BCUT2D eigenvalue weighted by Gasteiger charge is -2.41.